The Kier molecular flexibility index (Phi) is 3.67. The molecule has 2 N–H and O–H groups in total. The predicted molar refractivity (Wildman–Crippen MR) is 83.0 cm³/mol. The zero-order chi connectivity index (χ0) is 16.6. The van der Waals surface area contributed by atoms with Crippen LogP contribution in [0, 0.1) is 10.1 Å². The monoisotopic (exact) mass is 331 g/mol. The van der Waals surface area contributed by atoms with Crippen molar-refractivity contribution in [2.45, 2.75) is 9.79 Å². The van der Waals surface area contributed by atoms with E-state index in [1.165, 1.54) is 42.5 Å². The summed E-state index contributed by atoms with van der Waals surface area (Å²) in [5, 5.41) is 30.5. The second-order valence-corrected chi connectivity index (χ2v) is 5.68. The summed E-state index contributed by atoms with van der Waals surface area (Å²) in [6.07, 6.45) is 0. The normalized spacial score (nSPS) is 10.8. The van der Waals surface area contributed by atoms with Crippen molar-refractivity contribution >= 4 is 28.4 Å². The lowest BCUT2D eigenvalue weighted by Gasteiger charge is -2.06. The second kappa shape index (κ2) is 5.65. The van der Waals surface area contributed by atoms with Gasteiger partial charge in [0, 0.05) is 23.1 Å². The molecular formula is C15H9NO6S. The van der Waals surface area contributed by atoms with Crippen LogP contribution in [0.1, 0.15) is 0 Å². The number of non-ortho nitro benzene ring substituents is 1. The first-order valence-corrected chi connectivity index (χ1v) is 7.18. The lowest BCUT2D eigenvalue weighted by Crippen LogP contribution is -2.02. The van der Waals surface area contributed by atoms with Gasteiger partial charge in [0.2, 0.25) is 0 Å². The van der Waals surface area contributed by atoms with Crippen molar-refractivity contribution in [3.63, 3.8) is 0 Å². The highest BCUT2D eigenvalue weighted by Crippen LogP contribution is 2.37. The van der Waals surface area contributed by atoms with Crippen LogP contribution in [-0.2, 0) is 0 Å². The number of nitro benzene ring substituents is 1. The minimum atomic E-state index is -0.760. The third-order valence-corrected chi connectivity index (χ3v) is 4.16. The summed E-state index contributed by atoms with van der Waals surface area (Å²) in [6.45, 7) is 0. The van der Waals surface area contributed by atoms with Crippen molar-refractivity contribution in [1.29, 1.82) is 0 Å². The van der Waals surface area contributed by atoms with Gasteiger partial charge in [-0.05, 0) is 24.3 Å². The average molecular weight is 331 g/mol. The van der Waals surface area contributed by atoms with Gasteiger partial charge in [-0.2, -0.15) is 0 Å². The summed E-state index contributed by atoms with van der Waals surface area (Å²) >= 11 is 0.939. The molecule has 0 bridgehead atoms. The largest absolute Gasteiger partial charge is 0.508 e. The van der Waals surface area contributed by atoms with E-state index >= 15 is 0 Å². The summed E-state index contributed by atoms with van der Waals surface area (Å²) in [6, 6.07) is 9.59. The van der Waals surface area contributed by atoms with Gasteiger partial charge in [0.1, 0.15) is 22.0 Å². The number of hydrogen-bond donors (Lipinski definition) is 2. The van der Waals surface area contributed by atoms with Gasteiger partial charge in [-0.25, -0.2) is 4.79 Å². The first-order chi connectivity index (χ1) is 11.0. The van der Waals surface area contributed by atoms with Gasteiger partial charge in [0.25, 0.3) is 5.69 Å². The Hall–Kier alpha value is -3.00. The number of nitrogens with zero attached hydrogens (tertiary/aromatic N) is 1. The Bertz CT molecular complexity index is 964. The van der Waals surface area contributed by atoms with Crippen LogP contribution in [0.15, 0.2) is 61.5 Å². The molecule has 116 valence electrons. The molecule has 1 heterocycles. The van der Waals surface area contributed by atoms with Gasteiger partial charge in [0.05, 0.1) is 10.3 Å². The lowest BCUT2D eigenvalue weighted by molar-refractivity contribution is -0.384. The maximum absolute atomic E-state index is 12.0. The van der Waals surface area contributed by atoms with Crippen LogP contribution in [0.25, 0.3) is 11.0 Å². The first-order valence-electron chi connectivity index (χ1n) is 6.37. The minimum Gasteiger partial charge on any atom is -0.508 e. The molecule has 23 heavy (non-hydrogen) atoms. The quantitative estimate of drug-likeness (QED) is 0.430. The standard InChI is InChI=1S/C15H9NO6S/c17-9-3-6-11-12(7-9)22-15(19)14(13(11)18)23-10-4-1-8(2-5-10)16(20)21/h1-7,17-18H. The third kappa shape index (κ3) is 2.84. The van der Waals surface area contributed by atoms with Crippen LogP contribution in [-0.4, -0.2) is 15.1 Å². The summed E-state index contributed by atoms with van der Waals surface area (Å²) < 4.78 is 5.08. The molecule has 7 nitrogen and oxygen atoms in total. The van der Waals surface area contributed by atoms with E-state index in [0.29, 0.717) is 4.90 Å². The van der Waals surface area contributed by atoms with Gasteiger partial charge in [-0.3, -0.25) is 10.1 Å². The number of hydrogen-bond acceptors (Lipinski definition) is 7. The fourth-order valence-corrected chi connectivity index (χ4v) is 2.84. The van der Waals surface area contributed by atoms with Crippen LogP contribution in [0.2, 0.25) is 0 Å². The molecular weight excluding hydrogens is 322 g/mol. The SMILES string of the molecule is O=c1oc2cc(O)ccc2c(O)c1Sc1ccc([N+](=O)[O-])cc1. The zero-order valence-corrected chi connectivity index (χ0v) is 12.2. The molecule has 3 rings (SSSR count). The molecule has 0 atom stereocenters. The molecule has 0 amide bonds. The fraction of sp³-hybridized carbons (Fsp3) is 0. The highest BCUT2D eigenvalue weighted by Gasteiger charge is 2.16. The number of fused-ring (bicyclic) bond motifs is 1. The maximum Gasteiger partial charge on any atom is 0.354 e. The maximum atomic E-state index is 12.0. The van der Waals surface area contributed by atoms with Crippen molar-refractivity contribution in [3.8, 4) is 11.5 Å². The Morgan fingerprint density at radius 2 is 1.78 bits per heavy atom. The van der Waals surface area contributed by atoms with Gasteiger partial charge in [-0.1, -0.05) is 11.8 Å². The number of phenolic OH excluding ortho intramolecular Hbond substituents is 1. The van der Waals surface area contributed by atoms with Gasteiger partial charge in [0.15, 0.2) is 0 Å². The van der Waals surface area contributed by atoms with Gasteiger partial charge < -0.3 is 14.6 Å². The topological polar surface area (TPSA) is 114 Å². The van der Waals surface area contributed by atoms with E-state index in [0.717, 1.165) is 11.8 Å². The Labute approximate surface area is 133 Å². The smallest absolute Gasteiger partial charge is 0.354 e. The summed E-state index contributed by atoms with van der Waals surface area (Å²) in [5.74, 6) is -0.351. The molecule has 0 fully saturated rings. The zero-order valence-electron chi connectivity index (χ0n) is 11.4. The van der Waals surface area contributed by atoms with E-state index < -0.39 is 10.5 Å². The van der Waals surface area contributed by atoms with E-state index in [2.05, 4.69) is 0 Å². The van der Waals surface area contributed by atoms with Crippen LogP contribution in [0.3, 0.4) is 0 Å². The first kappa shape index (κ1) is 14.9. The van der Waals surface area contributed by atoms with Crippen molar-refractivity contribution in [1.82, 2.24) is 0 Å². The molecule has 8 heteroatoms. The van der Waals surface area contributed by atoms with E-state index in [9.17, 15) is 25.1 Å². The highest BCUT2D eigenvalue weighted by molar-refractivity contribution is 7.99. The second-order valence-electron chi connectivity index (χ2n) is 4.60. The predicted octanol–water partition coefficient (Wildman–Crippen LogP) is 3.26. The van der Waals surface area contributed by atoms with Crippen LogP contribution < -0.4 is 5.63 Å². The van der Waals surface area contributed by atoms with Crippen LogP contribution in [0.5, 0.6) is 11.5 Å². The van der Waals surface area contributed by atoms with E-state index in [1.54, 1.807) is 0 Å². The molecule has 0 spiro atoms. The molecule has 0 radical (unpaired) electrons. The molecule has 0 aliphatic heterocycles. The summed E-state index contributed by atoms with van der Waals surface area (Å²) in [4.78, 5) is 22.6. The third-order valence-electron chi connectivity index (χ3n) is 3.09. The van der Waals surface area contributed by atoms with E-state index in [-0.39, 0.29) is 33.1 Å². The van der Waals surface area contributed by atoms with Gasteiger partial charge >= 0.3 is 5.63 Å². The number of rotatable bonds is 3. The lowest BCUT2D eigenvalue weighted by atomic mass is 10.2. The van der Waals surface area contributed by atoms with E-state index in [1.807, 2.05) is 0 Å². The molecule has 0 saturated carbocycles. The number of nitro groups is 1. The Balaban J connectivity index is 2.04. The molecule has 2 aromatic carbocycles. The summed E-state index contributed by atoms with van der Waals surface area (Å²) in [5.41, 5.74) is -0.760. The molecule has 3 aromatic rings. The Morgan fingerprint density at radius 3 is 2.43 bits per heavy atom. The highest BCUT2D eigenvalue weighted by atomic mass is 32.2. The van der Waals surface area contributed by atoms with Crippen LogP contribution >= 0.6 is 11.8 Å². The number of phenols is 1. The van der Waals surface area contributed by atoms with Crippen molar-refractivity contribution in [2.24, 2.45) is 0 Å². The van der Waals surface area contributed by atoms with Crippen molar-refractivity contribution in [3.05, 3.63) is 63.0 Å². The molecule has 0 aliphatic rings. The average Bonchev–Trinajstić information content (AvgIpc) is 2.51. The summed E-state index contributed by atoms with van der Waals surface area (Å²) in [7, 11) is 0. The molecule has 1 aromatic heterocycles. The van der Waals surface area contributed by atoms with Crippen LogP contribution in [0.4, 0.5) is 5.69 Å². The fourth-order valence-electron chi connectivity index (χ4n) is 2.00. The van der Waals surface area contributed by atoms with Gasteiger partial charge in [-0.15, -0.1) is 0 Å². The number of benzene rings is 2. The minimum absolute atomic E-state index is 0.0305. The number of aromatic hydroxyl groups is 2. The molecule has 0 unspecified atom stereocenters. The van der Waals surface area contributed by atoms with Crippen molar-refractivity contribution < 1.29 is 19.6 Å². The van der Waals surface area contributed by atoms with Crippen molar-refractivity contribution in [2.75, 3.05) is 0 Å². The molecule has 0 aliphatic carbocycles. The molecule has 0 saturated heterocycles. The van der Waals surface area contributed by atoms with E-state index in [4.69, 9.17) is 4.42 Å². The Morgan fingerprint density at radius 1 is 1.09 bits per heavy atom.